The molecule has 0 fully saturated rings. The molecule has 0 saturated heterocycles. The van der Waals surface area contributed by atoms with Crippen LogP contribution in [0.5, 0.6) is 0 Å². The zero-order valence-electron chi connectivity index (χ0n) is 7.44. The van der Waals surface area contributed by atoms with Gasteiger partial charge >= 0.3 is 0 Å². The summed E-state index contributed by atoms with van der Waals surface area (Å²) in [5.74, 6) is -0.350. The summed E-state index contributed by atoms with van der Waals surface area (Å²) in [6, 6.07) is 7.31. The smallest absolute Gasteiger partial charge is 0.244 e. The summed E-state index contributed by atoms with van der Waals surface area (Å²) >= 11 is 0. The molecule has 1 aliphatic rings. The third-order valence-corrected chi connectivity index (χ3v) is 2.12. The predicted octanol–water partition coefficient (Wildman–Crippen LogP) is 1.21. The van der Waals surface area contributed by atoms with Gasteiger partial charge in [-0.15, -0.1) is 12.4 Å². The molecular weight excluding hydrogens is 200 g/mol. The fourth-order valence-electron chi connectivity index (χ4n) is 1.48. The van der Waals surface area contributed by atoms with Crippen LogP contribution in [0.2, 0.25) is 0 Å². The zero-order valence-corrected chi connectivity index (χ0v) is 8.25. The van der Waals surface area contributed by atoms with Crippen molar-refractivity contribution in [2.24, 2.45) is 5.73 Å². The molecule has 74 valence electrons. The Morgan fingerprint density at radius 2 is 2.07 bits per heavy atom. The second-order valence-electron chi connectivity index (χ2n) is 2.96. The van der Waals surface area contributed by atoms with Crippen LogP contribution in [0.25, 0.3) is 6.08 Å². The minimum Gasteiger partial charge on any atom is -0.376 e. The van der Waals surface area contributed by atoms with Crippen LogP contribution in [0.1, 0.15) is 17.2 Å². The second-order valence-corrected chi connectivity index (χ2v) is 2.96. The molecule has 0 aliphatic carbocycles. The summed E-state index contributed by atoms with van der Waals surface area (Å²) < 4.78 is 0. The van der Waals surface area contributed by atoms with Gasteiger partial charge in [0.15, 0.2) is 0 Å². The minimum absolute atomic E-state index is 0. The highest BCUT2D eigenvalue weighted by Crippen LogP contribution is 2.22. The second kappa shape index (κ2) is 4.15. The number of rotatable bonds is 1. The molecule has 1 atom stereocenters. The summed E-state index contributed by atoms with van der Waals surface area (Å²) in [7, 11) is 0. The normalized spacial score (nSPS) is 17.6. The molecule has 0 saturated carbocycles. The molecule has 0 bridgehead atoms. The van der Waals surface area contributed by atoms with Crippen molar-refractivity contribution >= 4 is 24.4 Å². The van der Waals surface area contributed by atoms with Crippen LogP contribution >= 0.6 is 12.4 Å². The quantitative estimate of drug-likeness (QED) is 0.732. The molecule has 2 rings (SSSR count). The van der Waals surface area contributed by atoms with Crippen LogP contribution in [0.4, 0.5) is 0 Å². The largest absolute Gasteiger partial charge is 0.376 e. The van der Waals surface area contributed by atoms with E-state index in [0.717, 1.165) is 11.1 Å². The Kier molecular flexibility index (Phi) is 3.14. The van der Waals surface area contributed by atoms with Gasteiger partial charge in [0.2, 0.25) is 5.91 Å². The van der Waals surface area contributed by atoms with Gasteiger partial charge in [0, 0.05) is 0 Å². The Morgan fingerprint density at radius 3 is 2.79 bits per heavy atom. The maximum atomic E-state index is 11.0. The lowest BCUT2D eigenvalue weighted by Gasteiger charge is -2.20. The number of carbonyl (C=O) groups excluding carboxylic acids is 1. The predicted molar refractivity (Wildman–Crippen MR) is 57.8 cm³/mol. The van der Waals surface area contributed by atoms with Gasteiger partial charge in [-0.05, 0) is 23.4 Å². The van der Waals surface area contributed by atoms with Crippen LogP contribution in [0.3, 0.4) is 0 Å². The van der Waals surface area contributed by atoms with Crippen LogP contribution < -0.4 is 11.1 Å². The minimum atomic E-state index is -0.388. The first-order chi connectivity index (χ1) is 6.29. The Bertz CT molecular complexity index is 376. The first kappa shape index (κ1) is 10.6. The van der Waals surface area contributed by atoms with Crippen molar-refractivity contribution < 1.29 is 4.79 Å². The number of carbonyl (C=O) groups is 1. The van der Waals surface area contributed by atoms with E-state index >= 15 is 0 Å². The third kappa shape index (κ3) is 1.72. The van der Waals surface area contributed by atoms with Gasteiger partial charge in [-0.25, -0.2) is 0 Å². The molecule has 1 unspecified atom stereocenters. The summed E-state index contributed by atoms with van der Waals surface area (Å²) in [4.78, 5) is 11.0. The van der Waals surface area contributed by atoms with Gasteiger partial charge in [-0.2, -0.15) is 0 Å². The van der Waals surface area contributed by atoms with Gasteiger partial charge in [-0.1, -0.05) is 24.3 Å². The highest BCUT2D eigenvalue weighted by Gasteiger charge is 2.20. The molecule has 1 aromatic rings. The van der Waals surface area contributed by atoms with E-state index in [1.165, 1.54) is 0 Å². The molecular formula is C10H11ClN2O. The van der Waals surface area contributed by atoms with Crippen molar-refractivity contribution in [3.05, 3.63) is 41.6 Å². The van der Waals surface area contributed by atoms with E-state index < -0.39 is 0 Å². The lowest BCUT2D eigenvalue weighted by atomic mass is 9.97. The maximum Gasteiger partial charge on any atom is 0.244 e. The van der Waals surface area contributed by atoms with E-state index in [2.05, 4.69) is 5.32 Å². The molecule has 1 amide bonds. The number of fused-ring (bicyclic) bond motifs is 1. The molecule has 14 heavy (non-hydrogen) atoms. The van der Waals surface area contributed by atoms with Crippen molar-refractivity contribution in [1.29, 1.82) is 0 Å². The Labute approximate surface area is 88.4 Å². The fourth-order valence-corrected chi connectivity index (χ4v) is 1.48. The zero-order chi connectivity index (χ0) is 9.26. The maximum absolute atomic E-state index is 11.0. The Balaban J connectivity index is 0.000000980. The van der Waals surface area contributed by atoms with Crippen LogP contribution in [0, 0.1) is 0 Å². The SMILES string of the molecule is Cl.NC(=O)C1NC=Cc2ccccc21. The van der Waals surface area contributed by atoms with Crippen LogP contribution in [-0.2, 0) is 4.79 Å². The van der Waals surface area contributed by atoms with Crippen LogP contribution in [0.15, 0.2) is 30.5 Å². The summed E-state index contributed by atoms with van der Waals surface area (Å²) in [6.45, 7) is 0. The average Bonchev–Trinajstić information content (AvgIpc) is 2.17. The summed E-state index contributed by atoms with van der Waals surface area (Å²) in [5, 5.41) is 2.92. The number of hydrogen-bond donors (Lipinski definition) is 2. The molecule has 4 heteroatoms. The molecule has 0 aromatic heterocycles. The molecule has 0 spiro atoms. The molecule has 1 heterocycles. The number of nitrogens with two attached hydrogens (primary N) is 1. The topological polar surface area (TPSA) is 55.1 Å². The highest BCUT2D eigenvalue weighted by molar-refractivity contribution is 5.85. The van der Waals surface area contributed by atoms with Crippen molar-refractivity contribution in [2.75, 3.05) is 0 Å². The van der Waals surface area contributed by atoms with E-state index in [1.807, 2.05) is 30.3 Å². The van der Waals surface area contributed by atoms with Crippen molar-refractivity contribution in [3.63, 3.8) is 0 Å². The first-order valence-corrected chi connectivity index (χ1v) is 4.10. The van der Waals surface area contributed by atoms with Crippen molar-refractivity contribution in [3.8, 4) is 0 Å². The summed E-state index contributed by atoms with van der Waals surface area (Å²) in [5.41, 5.74) is 7.24. The highest BCUT2D eigenvalue weighted by atomic mass is 35.5. The van der Waals surface area contributed by atoms with Gasteiger partial charge in [-0.3, -0.25) is 4.79 Å². The third-order valence-electron chi connectivity index (χ3n) is 2.12. The average molecular weight is 211 g/mol. The number of hydrogen-bond acceptors (Lipinski definition) is 2. The van der Waals surface area contributed by atoms with E-state index in [9.17, 15) is 4.79 Å². The van der Waals surface area contributed by atoms with E-state index in [1.54, 1.807) is 6.20 Å². The first-order valence-electron chi connectivity index (χ1n) is 4.10. The monoisotopic (exact) mass is 210 g/mol. The lowest BCUT2D eigenvalue weighted by Crippen LogP contribution is -2.32. The van der Waals surface area contributed by atoms with Gasteiger partial charge in [0.25, 0.3) is 0 Å². The molecule has 3 N–H and O–H groups in total. The number of amides is 1. The number of primary amides is 1. The number of benzene rings is 1. The van der Waals surface area contributed by atoms with Gasteiger partial charge in [0.05, 0.1) is 0 Å². The van der Waals surface area contributed by atoms with Gasteiger partial charge < -0.3 is 11.1 Å². The van der Waals surface area contributed by atoms with E-state index in [4.69, 9.17) is 5.73 Å². The van der Waals surface area contributed by atoms with Crippen molar-refractivity contribution in [2.45, 2.75) is 6.04 Å². The molecule has 1 aliphatic heterocycles. The van der Waals surface area contributed by atoms with Crippen molar-refractivity contribution in [1.82, 2.24) is 5.32 Å². The molecule has 0 radical (unpaired) electrons. The van der Waals surface area contributed by atoms with Gasteiger partial charge in [0.1, 0.15) is 6.04 Å². The Morgan fingerprint density at radius 1 is 1.36 bits per heavy atom. The van der Waals surface area contributed by atoms with E-state index in [0.29, 0.717) is 0 Å². The molecule has 3 nitrogen and oxygen atoms in total. The standard InChI is InChI=1S/C10H10N2O.ClH/c11-10(13)9-8-4-2-1-3-7(8)5-6-12-9;/h1-6,9,12H,(H2,11,13);1H. The van der Waals surface area contributed by atoms with Crippen LogP contribution in [-0.4, -0.2) is 5.91 Å². The number of nitrogens with one attached hydrogen (secondary N) is 1. The summed E-state index contributed by atoms with van der Waals surface area (Å²) in [6.07, 6.45) is 3.67. The lowest BCUT2D eigenvalue weighted by molar-refractivity contribution is -0.119. The fraction of sp³-hybridized carbons (Fsp3) is 0.100. The number of halogens is 1. The molecule has 1 aromatic carbocycles. The Hall–Kier alpha value is -1.48. The van der Waals surface area contributed by atoms with E-state index in [-0.39, 0.29) is 24.4 Å².